The van der Waals surface area contributed by atoms with Gasteiger partial charge in [0.15, 0.2) is 11.5 Å². The summed E-state index contributed by atoms with van der Waals surface area (Å²) in [6.07, 6.45) is 0.0545. The quantitative estimate of drug-likeness (QED) is 0.735. The lowest BCUT2D eigenvalue weighted by Gasteiger charge is -2.26. The Morgan fingerprint density at radius 2 is 2.04 bits per heavy atom. The number of halogens is 1. The number of methoxy groups -OCH3 is 1. The summed E-state index contributed by atoms with van der Waals surface area (Å²) in [5, 5.41) is 4.04. The maximum Gasteiger partial charge on any atom is 0.180 e. The van der Waals surface area contributed by atoms with Crippen LogP contribution in [0.25, 0.3) is 0 Å². The van der Waals surface area contributed by atoms with Crippen LogP contribution in [0.1, 0.15) is 19.4 Å². The van der Waals surface area contributed by atoms with Crippen molar-refractivity contribution in [3.05, 3.63) is 22.7 Å². The van der Waals surface area contributed by atoms with E-state index in [0.717, 1.165) is 51.5 Å². The molecule has 1 aromatic rings. The molecule has 0 spiro atoms. The van der Waals surface area contributed by atoms with Crippen LogP contribution < -0.4 is 14.8 Å². The third-order valence-corrected chi connectivity index (χ3v) is 3.96. The predicted molar refractivity (Wildman–Crippen MR) is 92.7 cm³/mol. The van der Waals surface area contributed by atoms with Gasteiger partial charge in [-0.2, -0.15) is 0 Å². The van der Waals surface area contributed by atoms with Crippen molar-refractivity contribution >= 4 is 11.6 Å². The summed E-state index contributed by atoms with van der Waals surface area (Å²) in [5.74, 6) is 1.29. The molecule has 1 fully saturated rings. The van der Waals surface area contributed by atoms with E-state index in [-0.39, 0.29) is 6.10 Å². The molecule has 1 aliphatic heterocycles. The second-order valence-electron chi connectivity index (χ2n) is 5.91. The first-order valence-electron chi connectivity index (χ1n) is 8.14. The number of hydrogen-bond acceptors (Lipinski definition) is 5. The summed E-state index contributed by atoms with van der Waals surface area (Å²) in [4.78, 5) is 2.41. The molecular formula is C17H27ClN2O3. The second-order valence-corrected chi connectivity index (χ2v) is 6.31. The van der Waals surface area contributed by atoms with E-state index in [9.17, 15) is 0 Å². The van der Waals surface area contributed by atoms with Gasteiger partial charge in [0.05, 0.1) is 31.5 Å². The number of hydrogen-bond donors (Lipinski definition) is 1. The number of benzene rings is 1. The van der Waals surface area contributed by atoms with Gasteiger partial charge in [-0.3, -0.25) is 4.90 Å². The van der Waals surface area contributed by atoms with Crippen LogP contribution in [-0.2, 0) is 11.3 Å². The van der Waals surface area contributed by atoms with Crippen LogP contribution in [-0.4, -0.2) is 57.5 Å². The Kier molecular flexibility index (Phi) is 7.43. The summed E-state index contributed by atoms with van der Waals surface area (Å²) in [5.41, 5.74) is 1.09. The highest BCUT2D eigenvalue weighted by atomic mass is 35.5. The van der Waals surface area contributed by atoms with Gasteiger partial charge in [0, 0.05) is 32.7 Å². The first kappa shape index (κ1) is 18.3. The van der Waals surface area contributed by atoms with Gasteiger partial charge in [-0.05, 0) is 31.5 Å². The highest BCUT2D eigenvalue weighted by Crippen LogP contribution is 2.37. The molecule has 1 N–H and O–H groups in total. The molecule has 0 bridgehead atoms. The lowest BCUT2D eigenvalue weighted by Crippen LogP contribution is -2.40. The lowest BCUT2D eigenvalue weighted by atomic mass is 10.2. The molecule has 0 radical (unpaired) electrons. The zero-order valence-corrected chi connectivity index (χ0v) is 15.0. The van der Waals surface area contributed by atoms with Crippen molar-refractivity contribution in [2.24, 2.45) is 0 Å². The molecule has 0 aliphatic carbocycles. The van der Waals surface area contributed by atoms with E-state index < -0.39 is 0 Å². The van der Waals surface area contributed by atoms with Crippen LogP contribution in [0.3, 0.4) is 0 Å². The van der Waals surface area contributed by atoms with E-state index in [1.54, 1.807) is 7.11 Å². The summed E-state index contributed by atoms with van der Waals surface area (Å²) in [6.45, 7) is 10.4. The fourth-order valence-corrected chi connectivity index (χ4v) is 2.80. The number of rotatable bonds is 8. The largest absolute Gasteiger partial charge is 0.493 e. The first-order chi connectivity index (χ1) is 11.1. The van der Waals surface area contributed by atoms with Crippen molar-refractivity contribution in [3.8, 4) is 11.5 Å². The molecule has 0 atom stereocenters. The van der Waals surface area contributed by atoms with E-state index in [1.165, 1.54) is 0 Å². The molecule has 0 unspecified atom stereocenters. The number of nitrogens with zero attached hydrogens (tertiary/aromatic N) is 1. The van der Waals surface area contributed by atoms with E-state index in [2.05, 4.69) is 10.2 Å². The van der Waals surface area contributed by atoms with E-state index >= 15 is 0 Å². The molecule has 130 valence electrons. The normalized spacial score (nSPS) is 15.9. The third-order valence-electron chi connectivity index (χ3n) is 3.68. The van der Waals surface area contributed by atoms with Crippen LogP contribution in [0.4, 0.5) is 0 Å². The molecule has 5 nitrogen and oxygen atoms in total. The van der Waals surface area contributed by atoms with Gasteiger partial charge in [0.1, 0.15) is 0 Å². The maximum atomic E-state index is 6.34. The fraction of sp³-hybridized carbons (Fsp3) is 0.647. The summed E-state index contributed by atoms with van der Waals surface area (Å²) >= 11 is 6.34. The third kappa shape index (κ3) is 5.84. The topological polar surface area (TPSA) is 43.0 Å². The maximum absolute atomic E-state index is 6.34. The van der Waals surface area contributed by atoms with E-state index in [0.29, 0.717) is 16.5 Å². The molecule has 0 saturated carbocycles. The van der Waals surface area contributed by atoms with Crippen molar-refractivity contribution in [2.45, 2.75) is 26.5 Å². The minimum atomic E-state index is 0.0545. The standard InChI is InChI=1S/C17H27ClN2O3/c1-13(2)23-17-15(18)10-14(11-16(17)21-3)12-19-4-5-20-6-8-22-9-7-20/h10-11,13,19H,4-9,12H2,1-3H3. The Hall–Kier alpha value is -1.01. The second kappa shape index (κ2) is 9.33. The zero-order chi connectivity index (χ0) is 16.7. The van der Waals surface area contributed by atoms with Crippen molar-refractivity contribution in [2.75, 3.05) is 46.5 Å². The predicted octanol–water partition coefficient (Wildman–Crippen LogP) is 2.56. The Morgan fingerprint density at radius 3 is 2.70 bits per heavy atom. The molecule has 23 heavy (non-hydrogen) atoms. The van der Waals surface area contributed by atoms with Crippen molar-refractivity contribution in [3.63, 3.8) is 0 Å². The summed E-state index contributed by atoms with van der Waals surface area (Å²) < 4.78 is 16.5. The van der Waals surface area contributed by atoms with Crippen LogP contribution in [0, 0.1) is 0 Å². The summed E-state index contributed by atoms with van der Waals surface area (Å²) in [6, 6.07) is 3.91. The van der Waals surface area contributed by atoms with Crippen molar-refractivity contribution in [1.29, 1.82) is 0 Å². The molecule has 1 saturated heterocycles. The number of morpholine rings is 1. The Balaban J connectivity index is 1.86. The lowest BCUT2D eigenvalue weighted by molar-refractivity contribution is 0.0384. The minimum Gasteiger partial charge on any atom is -0.493 e. The molecule has 0 amide bonds. The average Bonchev–Trinajstić information content (AvgIpc) is 2.54. The van der Waals surface area contributed by atoms with Gasteiger partial charge in [-0.15, -0.1) is 0 Å². The fourth-order valence-electron chi connectivity index (χ4n) is 2.52. The molecular weight excluding hydrogens is 316 g/mol. The van der Waals surface area contributed by atoms with Gasteiger partial charge >= 0.3 is 0 Å². The van der Waals surface area contributed by atoms with Gasteiger partial charge in [0.2, 0.25) is 0 Å². The summed E-state index contributed by atoms with van der Waals surface area (Å²) in [7, 11) is 1.63. The highest BCUT2D eigenvalue weighted by Gasteiger charge is 2.14. The number of nitrogens with one attached hydrogen (secondary N) is 1. The van der Waals surface area contributed by atoms with Gasteiger partial charge < -0.3 is 19.5 Å². The zero-order valence-electron chi connectivity index (χ0n) is 14.2. The molecule has 1 aromatic carbocycles. The monoisotopic (exact) mass is 342 g/mol. The van der Waals surface area contributed by atoms with Crippen LogP contribution >= 0.6 is 11.6 Å². The van der Waals surface area contributed by atoms with Crippen molar-refractivity contribution < 1.29 is 14.2 Å². The van der Waals surface area contributed by atoms with Gasteiger partial charge in [-0.25, -0.2) is 0 Å². The first-order valence-corrected chi connectivity index (χ1v) is 8.52. The molecule has 6 heteroatoms. The van der Waals surface area contributed by atoms with Gasteiger partial charge in [-0.1, -0.05) is 11.6 Å². The smallest absolute Gasteiger partial charge is 0.180 e. The Bertz CT molecular complexity index is 491. The minimum absolute atomic E-state index is 0.0545. The molecule has 1 heterocycles. The van der Waals surface area contributed by atoms with Crippen LogP contribution in [0.5, 0.6) is 11.5 Å². The molecule has 1 aliphatic rings. The van der Waals surface area contributed by atoms with E-state index in [4.69, 9.17) is 25.8 Å². The average molecular weight is 343 g/mol. The van der Waals surface area contributed by atoms with Crippen LogP contribution in [0.15, 0.2) is 12.1 Å². The van der Waals surface area contributed by atoms with E-state index in [1.807, 2.05) is 26.0 Å². The van der Waals surface area contributed by atoms with Crippen molar-refractivity contribution in [1.82, 2.24) is 10.2 Å². The number of ether oxygens (including phenoxy) is 3. The van der Waals surface area contributed by atoms with Crippen LogP contribution in [0.2, 0.25) is 5.02 Å². The molecule has 2 rings (SSSR count). The molecule has 0 aromatic heterocycles. The Labute approximate surface area is 143 Å². The SMILES string of the molecule is COc1cc(CNCCN2CCOCC2)cc(Cl)c1OC(C)C. The Morgan fingerprint density at radius 1 is 1.30 bits per heavy atom. The van der Waals surface area contributed by atoms with Gasteiger partial charge in [0.25, 0.3) is 0 Å². The highest BCUT2D eigenvalue weighted by molar-refractivity contribution is 6.32.